The van der Waals surface area contributed by atoms with Gasteiger partial charge in [0.25, 0.3) is 0 Å². The van der Waals surface area contributed by atoms with Crippen molar-refractivity contribution < 1.29 is 19.0 Å². The van der Waals surface area contributed by atoms with Crippen LogP contribution in [0.15, 0.2) is 18.2 Å². The molecule has 0 unspecified atom stereocenters. The third-order valence-electron chi connectivity index (χ3n) is 4.01. The highest BCUT2D eigenvalue weighted by molar-refractivity contribution is 6.07. The molecule has 0 saturated carbocycles. The van der Waals surface area contributed by atoms with Gasteiger partial charge in [0, 0.05) is 13.1 Å². The summed E-state index contributed by atoms with van der Waals surface area (Å²) in [4.78, 5) is 15.2. The van der Waals surface area contributed by atoms with E-state index in [4.69, 9.17) is 14.2 Å². The second-order valence-electron chi connectivity index (χ2n) is 5.53. The maximum Gasteiger partial charge on any atom is 0.189 e. The molecule has 0 bridgehead atoms. The van der Waals surface area contributed by atoms with E-state index in [9.17, 15) is 4.79 Å². The number of ketones is 1. The summed E-state index contributed by atoms with van der Waals surface area (Å²) in [6, 6.07) is 5.38. The van der Waals surface area contributed by atoms with E-state index in [0.717, 1.165) is 13.1 Å². The predicted molar refractivity (Wildman–Crippen MR) is 80.3 cm³/mol. The highest BCUT2D eigenvalue weighted by Gasteiger charge is 2.38. The fourth-order valence-corrected chi connectivity index (χ4v) is 2.65. The smallest absolute Gasteiger partial charge is 0.189 e. The summed E-state index contributed by atoms with van der Waals surface area (Å²) in [6.45, 7) is 6.67. The average Bonchev–Trinajstić information content (AvgIpc) is 2.54. The van der Waals surface area contributed by atoms with Crippen molar-refractivity contribution in [2.75, 3.05) is 40.5 Å². The van der Waals surface area contributed by atoms with Gasteiger partial charge in [-0.25, -0.2) is 0 Å². The summed E-state index contributed by atoms with van der Waals surface area (Å²) in [5.41, 5.74) is -0.134. The molecule has 5 heteroatoms. The third-order valence-corrected chi connectivity index (χ3v) is 4.01. The van der Waals surface area contributed by atoms with Gasteiger partial charge in [0.15, 0.2) is 5.78 Å². The minimum Gasteiger partial charge on any atom is -0.496 e. The van der Waals surface area contributed by atoms with E-state index in [2.05, 4.69) is 4.90 Å². The first-order chi connectivity index (χ1) is 10.0. The van der Waals surface area contributed by atoms with Gasteiger partial charge in [-0.15, -0.1) is 0 Å². The van der Waals surface area contributed by atoms with E-state index in [-0.39, 0.29) is 5.78 Å². The van der Waals surface area contributed by atoms with Crippen LogP contribution in [0.3, 0.4) is 0 Å². The predicted octanol–water partition coefficient (Wildman–Crippen LogP) is 2.00. The molecule has 0 amide bonds. The van der Waals surface area contributed by atoms with E-state index >= 15 is 0 Å². The first kappa shape index (κ1) is 15.8. The minimum atomic E-state index is -0.633. The summed E-state index contributed by atoms with van der Waals surface area (Å²) in [6.07, 6.45) is 0. The zero-order chi connectivity index (χ0) is 15.5. The van der Waals surface area contributed by atoms with Gasteiger partial charge in [-0.2, -0.15) is 0 Å². The molecule has 0 radical (unpaired) electrons. The maximum absolute atomic E-state index is 13.1. The fourth-order valence-electron chi connectivity index (χ4n) is 2.65. The molecule has 1 aliphatic rings. The lowest BCUT2D eigenvalue weighted by atomic mass is 9.89. The van der Waals surface area contributed by atoms with E-state index in [1.807, 2.05) is 19.9 Å². The van der Waals surface area contributed by atoms with Crippen molar-refractivity contribution in [3.63, 3.8) is 0 Å². The van der Waals surface area contributed by atoms with Gasteiger partial charge in [0.05, 0.1) is 33.0 Å². The molecule has 1 heterocycles. The van der Waals surface area contributed by atoms with Crippen molar-refractivity contribution in [3.05, 3.63) is 23.8 Å². The molecule has 21 heavy (non-hydrogen) atoms. The van der Waals surface area contributed by atoms with E-state index < -0.39 is 5.54 Å². The quantitative estimate of drug-likeness (QED) is 0.777. The van der Waals surface area contributed by atoms with Crippen LogP contribution in [-0.4, -0.2) is 56.7 Å². The lowest BCUT2D eigenvalue weighted by molar-refractivity contribution is -0.00446. The maximum atomic E-state index is 13.1. The number of morpholine rings is 1. The van der Waals surface area contributed by atoms with Crippen LogP contribution in [0.4, 0.5) is 0 Å². The van der Waals surface area contributed by atoms with Crippen LogP contribution >= 0.6 is 0 Å². The molecule has 0 aromatic heterocycles. The third kappa shape index (κ3) is 3.04. The number of carbonyl (C=O) groups is 1. The number of carbonyl (C=O) groups excluding carboxylic acids is 1. The van der Waals surface area contributed by atoms with Gasteiger partial charge < -0.3 is 14.2 Å². The standard InChI is InChI=1S/C16H23NO4/c1-16(2,17-8-10-21-11-9-17)15(18)14-12(19-3)6-5-7-13(14)20-4/h5-7H,8-11H2,1-4H3. The average molecular weight is 293 g/mol. The molecule has 0 spiro atoms. The van der Waals surface area contributed by atoms with Crippen LogP contribution in [0, 0.1) is 0 Å². The summed E-state index contributed by atoms with van der Waals surface area (Å²) >= 11 is 0. The highest BCUT2D eigenvalue weighted by Crippen LogP contribution is 2.33. The Labute approximate surface area is 125 Å². The topological polar surface area (TPSA) is 48.0 Å². The highest BCUT2D eigenvalue weighted by atomic mass is 16.5. The molecule has 0 N–H and O–H groups in total. The van der Waals surface area contributed by atoms with Crippen LogP contribution in [0.1, 0.15) is 24.2 Å². The lowest BCUT2D eigenvalue weighted by Gasteiger charge is -2.39. The Balaban J connectivity index is 2.38. The Hall–Kier alpha value is -1.59. The number of methoxy groups -OCH3 is 2. The van der Waals surface area contributed by atoms with Gasteiger partial charge in [-0.3, -0.25) is 9.69 Å². The number of benzene rings is 1. The van der Waals surface area contributed by atoms with Crippen LogP contribution < -0.4 is 9.47 Å². The van der Waals surface area contributed by atoms with Crippen molar-refractivity contribution >= 4 is 5.78 Å². The molecule has 0 atom stereocenters. The van der Waals surface area contributed by atoms with Crippen molar-refractivity contribution in [3.8, 4) is 11.5 Å². The number of hydrogen-bond donors (Lipinski definition) is 0. The molecule has 5 nitrogen and oxygen atoms in total. The molecule has 116 valence electrons. The van der Waals surface area contributed by atoms with Crippen molar-refractivity contribution in [1.82, 2.24) is 4.90 Å². The summed E-state index contributed by atoms with van der Waals surface area (Å²) in [5.74, 6) is 1.08. The molecule has 0 aliphatic carbocycles. The molecule has 1 fully saturated rings. The van der Waals surface area contributed by atoms with Crippen molar-refractivity contribution in [1.29, 1.82) is 0 Å². The zero-order valence-corrected chi connectivity index (χ0v) is 13.1. The largest absolute Gasteiger partial charge is 0.496 e. The number of Topliss-reactive ketones (excluding diaryl/α,β-unsaturated/α-hetero) is 1. The molecule has 1 aliphatic heterocycles. The number of hydrogen-bond acceptors (Lipinski definition) is 5. The Bertz CT molecular complexity index is 485. The van der Waals surface area contributed by atoms with Gasteiger partial charge in [-0.1, -0.05) is 6.07 Å². The number of rotatable bonds is 5. The molecule has 1 aromatic carbocycles. The van der Waals surface area contributed by atoms with Gasteiger partial charge in [-0.05, 0) is 26.0 Å². The molecule has 1 aromatic rings. The summed E-state index contributed by atoms with van der Waals surface area (Å²) in [7, 11) is 3.13. The Morgan fingerprint density at radius 3 is 2.14 bits per heavy atom. The summed E-state index contributed by atoms with van der Waals surface area (Å²) < 4.78 is 16.1. The van der Waals surface area contributed by atoms with E-state index in [1.54, 1.807) is 26.4 Å². The summed E-state index contributed by atoms with van der Waals surface area (Å²) in [5, 5.41) is 0. The zero-order valence-electron chi connectivity index (χ0n) is 13.1. The molecule has 2 rings (SSSR count). The molecular formula is C16H23NO4. The van der Waals surface area contributed by atoms with Crippen LogP contribution in [0.25, 0.3) is 0 Å². The first-order valence-corrected chi connectivity index (χ1v) is 7.11. The Kier molecular flexibility index (Phi) is 4.85. The molecule has 1 saturated heterocycles. The van der Waals surface area contributed by atoms with E-state index in [0.29, 0.717) is 30.3 Å². The van der Waals surface area contributed by atoms with Gasteiger partial charge in [0.2, 0.25) is 0 Å². The van der Waals surface area contributed by atoms with Crippen molar-refractivity contribution in [2.45, 2.75) is 19.4 Å². The van der Waals surface area contributed by atoms with Crippen LogP contribution in [0.2, 0.25) is 0 Å². The fraction of sp³-hybridized carbons (Fsp3) is 0.562. The van der Waals surface area contributed by atoms with Crippen LogP contribution in [0.5, 0.6) is 11.5 Å². The van der Waals surface area contributed by atoms with E-state index in [1.165, 1.54) is 0 Å². The monoisotopic (exact) mass is 293 g/mol. The molecular weight excluding hydrogens is 270 g/mol. The minimum absolute atomic E-state index is 0.00120. The van der Waals surface area contributed by atoms with Gasteiger partial charge >= 0.3 is 0 Å². The number of nitrogens with zero attached hydrogens (tertiary/aromatic N) is 1. The van der Waals surface area contributed by atoms with Crippen LogP contribution in [-0.2, 0) is 4.74 Å². The lowest BCUT2D eigenvalue weighted by Crippen LogP contribution is -2.54. The number of ether oxygens (including phenoxy) is 3. The Morgan fingerprint density at radius 1 is 1.14 bits per heavy atom. The Morgan fingerprint density at radius 2 is 1.67 bits per heavy atom. The van der Waals surface area contributed by atoms with Crippen molar-refractivity contribution in [2.24, 2.45) is 0 Å². The normalized spacial score (nSPS) is 16.6. The van der Waals surface area contributed by atoms with Gasteiger partial charge in [0.1, 0.15) is 17.1 Å². The second kappa shape index (κ2) is 6.45. The first-order valence-electron chi connectivity index (χ1n) is 7.11. The second-order valence-corrected chi connectivity index (χ2v) is 5.53. The SMILES string of the molecule is COc1cccc(OC)c1C(=O)C(C)(C)N1CCOCC1.